The zero-order chi connectivity index (χ0) is 8.97. The molecule has 70 valence electrons. The molecule has 0 radical (unpaired) electrons. The summed E-state index contributed by atoms with van der Waals surface area (Å²) in [6.07, 6.45) is -0.722. The van der Waals surface area contributed by atoms with Crippen molar-refractivity contribution < 1.29 is 13.9 Å². The average molecular weight is 175 g/mol. The Kier molecular flexibility index (Phi) is 3.47. The molecule has 1 heterocycles. The van der Waals surface area contributed by atoms with Crippen LogP contribution < -0.4 is 5.32 Å². The Morgan fingerprint density at radius 2 is 2.58 bits per heavy atom. The van der Waals surface area contributed by atoms with Crippen molar-refractivity contribution in [2.45, 2.75) is 19.5 Å². The number of nitrogens with one attached hydrogen (secondary N) is 1. The average Bonchev–Trinajstić information content (AvgIpc) is 2.55. The van der Waals surface area contributed by atoms with E-state index in [-0.39, 0.29) is 12.5 Å². The lowest BCUT2D eigenvalue weighted by molar-refractivity contribution is -0.151. The van der Waals surface area contributed by atoms with Gasteiger partial charge in [-0.15, -0.1) is 0 Å². The van der Waals surface area contributed by atoms with Crippen molar-refractivity contribution in [3.8, 4) is 0 Å². The Hall–Kier alpha value is -0.640. The molecule has 0 bridgehead atoms. The van der Waals surface area contributed by atoms with Gasteiger partial charge in [-0.05, 0) is 19.9 Å². The zero-order valence-corrected chi connectivity index (χ0v) is 7.18. The van der Waals surface area contributed by atoms with Crippen LogP contribution in [0.15, 0.2) is 0 Å². The third-order valence-corrected chi connectivity index (χ3v) is 2.02. The van der Waals surface area contributed by atoms with E-state index in [0.29, 0.717) is 6.54 Å². The van der Waals surface area contributed by atoms with E-state index in [9.17, 15) is 9.18 Å². The maximum Gasteiger partial charge on any atom is 0.341 e. The van der Waals surface area contributed by atoms with Crippen LogP contribution in [-0.2, 0) is 9.53 Å². The van der Waals surface area contributed by atoms with Crippen LogP contribution in [0.4, 0.5) is 4.39 Å². The molecule has 0 amide bonds. The monoisotopic (exact) mass is 175 g/mol. The topological polar surface area (TPSA) is 38.3 Å². The quantitative estimate of drug-likeness (QED) is 0.635. The minimum absolute atomic E-state index is 0.191. The van der Waals surface area contributed by atoms with Crippen LogP contribution in [0.3, 0.4) is 0 Å². The fourth-order valence-corrected chi connectivity index (χ4v) is 1.34. The van der Waals surface area contributed by atoms with E-state index in [2.05, 4.69) is 10.1 Å². The van der Waals surface area contributed by atoms with Gasteiger partial charge in [0.05, 0.1) is 6.61 Å². The van der Waals surface area contributed by atoms with Crippen molar-refractivity contribution in [1.82, 2.24) is 5.32 Å². The van der Waals surface area contributed by atoms with Gasteiger partial charge in [-0.3, -0.25) is 0 Å². The molecule has 1 rings (SSSR count). The Labute approximate surface area is 71.3 Å². The minimum Gasteiger partial charge on any atom is -0.464 e. The van der Waals surface area contributed by atoms with Crippen molar-refractivity contribution >= 4 is 5.97 Å². The number of carbonyl (C=O) groups excluding carboxylic acids is 1. The van der Waals surface area contributed by atoms with E-state index < -0.39 is 12.1 Å². The molecule has 4 heteroatoms. The highest BCUT2D eigenvalue weighted by molar-refractivity contribution is 5.74. The number of rotatable bonds is 3. The van der Waals surface area contributed by atoms with Gasteiger partial charge in [-0.2, -0.15) is 0 Å². The summed E-state index contributed by atoms with van der Waals surface area (Å²) in [5, 5.41) is 3.00. The van der Waals surface area contributed by atoms with Gasteiger partial charge in [0.25, 0.3) is 0 Å². The molecule has 3 nitrogen and oxygen atoms in total. The van der Waals surface area contributed by atoms with Crippen LogP contribution in [-0.4, -0.2) is 31.8 Å². The van der Waals surface area contributed by atoms with Crippen molar-refractivity contribution in [3.05, 3.63) is 0 Å². The highest BCUT2D eigenvalue weighted by Gasteiger charge is 2.31. The van der Waals surface area contributed by atoms with E-state index in [1.165, 1.54) is 0 Å². The third-order valence-electron chi connectivity index (χ3n) is 2.02. The Balaban J connectivity index is 2.34. The van der Waals surface area contributed by atoms with E-state index >= 15 is 0 Å². The number of ether oxygens (including phenoxy) is 1. The molecule has 12 heavy (non-hydrogen) atoms. The number of alkyl halides is 1. The highest BCUT2D eigenvalue weighted by atomic mass is 19.1. The van der Waals surface area contributed by atoms with Gasteiger partial charge in [0.1, 0.15) is 0 Å². The lowest BCUT2D eigenvalue weighted by Crippen LogP contribution is -2.28. The van der Waals surface area contributed by atoms with Gasteiger partial charge in [-0.25, -0.2) is 9.18 Å². The largest absolute Gasteiger partial charge is 0.464 e. The van der Waals surface area contributed by atoms with E-state index in [0.717, 1.165) is 13.0 Å². The molecular weight excluding hydrogens is 161 g/mol. The molecular formula is C8H14FNO2. The van der Waals surface area contributed by atoms with Crippen molar-refractivity contribution in [2.24, 2.45) is 5.92 Å². The summed E-state index contributed by atoms with van der Waals surface area (Å²) in [6, 6.07) is 0. The molecule has 0 saturated carbocycles. The molecule has 1 N–H and O–H groups in total. The second kappa shape index (κ2) is 4.40. The zero-order valence-electron chi connectivity index (χ0n) is 7.18. The second-order valence-electron chi connectivity index (χ2n) is 2.91. The third kappa shape index (κ3) is 2.17. The minimum atomic E-state index is -1.44. The molecule has 1 aliphatic heterocycles. The molecule has 0 unspecified atom stereocenters. The molecule has 1 fully saturated rings. The second-order valence-corrected chi connectivity index (χ2v) is 2.91. The lowest BCUT2D eigenvalue weighted by atomic mass is 10.0. The molecule has 2 atom stereocenters. The van der Waals surface area contributed by atoms with Crippen molar-refractivity contribution in [3.63, 3.8) is 0 Å². The fraction of sp³-hybridized carbons (Fsp3) is 0.875. The number of esters is 1. The molecule has 0 spiro atoms. The van der Waals surface area contributed by atoms with Gasteiger partial charge >= 0.3 is 5.97 Å². The van der Waals surface area contributed by atoms with E-state index in [4.69, 9.17) is 0 Å². The van der Waals surface area contributed by atoms with Crippen LogP contribution >= 0.6 is 0 Å². The number of hydrogen-bond acceptors (Lipinski definition) is 3. The van der Waals surface area contributed by atoms with Crippen LogP contribution in [0.25, 0.3) is 0 Å². The summed E-state index contributed by atoms with van der Waals surface area (Å²) in [5.74, 6) is -0.907. The summed E-state index contributed by atoms with van der Waals surface area (Å²) in [4.78, 5) is 10.9. The van der Waals surface area contributed by atoms with E-state index in [1.54, 1.807) is 6.92 Å². The first-order chi connectivity index (χ1) is 5.75. The van der Waals surface area contributed by atoms with Gasteiger partial charge < -0.3 is 10.1 Å². The predicted molar refractivity (Wildman–Crippen MR) is 42.5 cm³/mol. The van der Waals surface area contributed by atoms with Gasteiger partial charge in [-0.1, -0.05) is 0 Å². The highest BCUT2D eigenvalue weighted by Crippen LogP contribution is 2.16. The summed E-state index contributed by atoms with van der Waals surface area (Å²) in [5.41, 5.74) is 0. The first kappa shape index (κ1) is 9.45. The maximum atomic E-state index is 13.2. The smallest absolute Gasteiger partial charge is 0.341 e. The fourth-order valence-electron chi connectivity index (χ4n) is 1.34. The molecule has 1 saturated heterocycles. The number of hydrogen-bond donors (Lipinski definition) is 1. The van der Waals surface area contributed by atoms with Gasteiger partial charge in [0.2, 0.25) is 6.17 Å². The molecule has 0 aromatic rings. The van der Waals surface area contributed by atoms with Crippen LogP contribution in [0.1, 0.15) is 13.3 Å². The Bertz CT molecular complexity index is 157. The maximum absolute atomic E-state index is 13.2. The van der Waals surface area contributed by atoms with Crippen LogP contribution in [0, 0.1) is 5.92 Å². The number of halogens is 1. The standard InChI is InChI=1S/C8H14FNO2/c1-2-12-8(11)7(9)6-3-4-10-5-6/h6-7,10H,2-5H2,1H3/t6-,7+/m1/s1. The first-order valence-electron chi connectivity index (χ1n) is 4.27. The molecule has 1 aliphatic rings. The van der Waals surface area contributed by atoms with E-state index in [1.807, 2.05) is 0 Å². The molecule has 0 aliphatic carbocycles. The summed E-state index contributed by atoms with van der Waals surface area (Å²) < 4.78 is 17.7. The summed E-state index contributed by atoms with van der Waals surface area (Å²) in [6.45, 7) is 3.31. The molecule has 0 aromatic carbocycles. The normalized spacial score (nSPS) is 25.3. The van der Waals surface area contributed by atoms with Gasteiger partial charge in [0.15, 0.2) is 0 Å². The summed E-state index contributed by atoms with van der Waals surface area (Å²) in [7, 11) is 0. The van der Waals surface area contributed by atoms with Crippen LogP contribution in [0.2, 0.25) is 0 Å². The predicted octanol–water partition coefficient (Wildman–Crippen LogP) is 0.497. The lowest BCUT2D eigenvalue weighted by Gasteiger charge is -2.12. The van der Waals surface area contributed by atoms with Crippen molar-refractivity contribution in [2.75, 3.05) is 19.7 Å². The molecule has 0 aromatic heterocycles. The first-order valence-corrected chi connectivity index (χ1v) is 4.27. The number of carbonyl (C=O) groups is 1. The SMILES string of the molecule is CCOC(=O)[C@@H](F)[C@@H]1CCNC1. The Morgan fingerprint density at radius 3 is 3.08 bits per heavy atom. The van der Waals surface area contributed by atoms with Gasteiger partial charge in [0, 0.05) is 12.5 Å². The summed E-state index contributed by atoms with van der Waals surface area (Å²) >= 11 is 0. The Morgan fingerprint density at radius 1 is 1.83 bits per heavy atom. The van der Waals surface area contributed by atoms with Crippen LogP contribution in [0.5, 0.6) is 0 Å². The van der Waals surface area contributed by atoms with Crippen molar-refractivity contribution in [1.29, 1.82) is 0 Å².